The van der Waals surface area contributed by atoms with Crippen LogP contribution in [-0.4, -0.2) is 19.9 Å². The molecule has 6 nitrogen and oxygen atoms in total. The van der Waals surface area contributed by atoms with Crippen LogP contribution in [0.4, 0.5) is 0 Å². The summed E-state index contributed by atoms with van der Waals surface area (Å²) >= 11 is 1.84. The summed E-state index contributed by atoms with van der Waals surface area (Å²) in [6.07, 6.45) is 5.16. The van der Waals surface area contributed by atoms with Crippen molar-refractivity contribution in [2.75, 3.05) is 0 Å². The van der Waals surface area contributed by atoms with Crippen molar-refractivity contribution >= 4 is 65.7 Å². The van der Waals surface area contributed by atoms with Crippen molar-refractivity contribution in [2.45, 2.75) is 12.3 Å². The topological polar surface area (TPSA) is 77.8 Å². The van der Waals surface area contributed by atoms with Gasteiger partial charge in [0.05, 0.1) is 0 Å². The molecule has 11 aromatic rings. The van der Waals surface area contributed by atoms with Crippen LogP contribution in [0.5, 0.6) is 0 Å². The Morgan fingerprint density at radius 3 is 2.00 bits per heavy atom. The summed E-state index contributed by atoms with van der Waals surface area (Å²) in [7, 11) is 0. The summed E-state index contributed by atoms with van der Waals surface area (Å²) < 4.78 is 14.7. The van der Waals surface area contributed by atoms with E-state index in [1.165, 1.54) is 31.3 Å². The van der Waals surface area contributed by atoms with Crippen LogP contribution in [0.1, 0.15) is 18.2 Å². The normalized spacial score (nSPS) is 13.8. The highest BCUT2D eigenvalue weighted by Crippen LogP contribution is 2.42. The van der Waals surface area contributed by atoms with Gasteiger partial charge in [-0.25, -0.2) is 19.9 Å². The minimum Gasteiger partial charge on any atom is -0.456 e. The lowest BCUT2D eigenvalue weighted by Crippen LogP contribution is -2.25. The number of nitrogens with zero attached hydrogens (tertiary/aromatic N) is 4. The average molecular weight is 777 g/mol. The van der Waals surface area contributed by atoms with Crippen LogP contribution in [-0.2, 0) is 0 Å². The third kappa shape index (κ3) is 5.86. The molecule has 0 aliphatic heterocycles. The van der Waals surface area contributed by atoms with E-state index in [9.17, 15) is 0 Å². The predicted octanol–water partition coefficient (Wildman–Crippen LogP) is 12.2. The van der Waals surface area contributed by atoms with Gasteiger partial charge in [0.1, 0.15) is 22.3 Å². The Morgan fingerprint density at radius 2 is 1.17 bits per heavy atom. The molecule has 0 amide bonds. The van der Waals surface area contributed by atoms with Crippen molar-refractivity contribution in [2.24, 2.45) is 0 Å². The van der Waals surface area contributed by atoms with E-state index in [0.29, 0.717) is 17.5 Å². The first-order valence-electron chi connectivity index (χ1n) is 19.7. The van der Waals surface area contributed by atoms with Gasteiger partial charge in [0.2, 0.25) is 5.89 Å². The molecule has 1 atom stereocenters. The number of aromatic nitrogens is 4. The summed E-state index contributed by atoms with van der Waals surface area (Å²) in [5.41, 5.74) is 11.0. The Balaban J connectivity index is 0.880. The van der Waals surface area contributed by atoms with Gasteiger partial charge in [-0.3, -0.25) is 0 Å². The van der Waals surface area contributed by atoms with E-state index in [2.05, 4.69) is 126 Å². The zero-order valence-electron chi connectivity index (χ0n) is 31.5. The molecule has 7 aromatic carbocycles. The fraction of sp³-hybridized carbons (Fsp3) is 0.0385. The molecule has 59 heavy (non-hydrogen) atoms. The zero-order valence-corrected chi connectivity index (χ0v) is 32.4. The Labute approximate surface area is 342 Å². The van der Waals surface area contributed by atoms with Crippen LogP contribution in [0.2, 0.25) is 0 Å². The lowest BCUT2D eigenvalue weighted by molar-refractivity contribution is 0.569. The van der Waals surface area contributed by atoms with Crippen molar-refractivity contribution < 1.29 is 8.83 Å². The Kier molecular flexibility index (Phi) is 7.74. The molecule has 0 radical (unpaired) electrons. The van der Waals surface area contributed by atoms with Gasteiger partial charge in [-0.2, -0.15) is 0 Å². The molecule has 1 aliphatic carbocycles. The average Bonchev–Trinajstić information content (AvgIpc) is 4.02. The van der Waals surface area contributed by atoms with Gasteiger partial charge in [0.25, 0.3) is 0 Å². The molecule has 278 valence electrons. The summed E-state index contributed by atoms with van der Waals surface area (Å²) in [6, 6.07) is 56.7. The minimum absolute atomic E-state index is 0.0163. The maximum atomic E-state index is 6.16. The number of fused-ring (bicyclic) bond motifs is 7. The molecule has 0 saturated carbocycles. The lowest BCUT2D eigenvalue weighted by Gasteiger charge is -2.14. The monoisotopic (exact) mass is 776 g/mol. The fourth-order valence-electron chi connectivity index (χ4n) is 8.30. The second kappa shape index (κ2) is 13.6. The fourth-order valence-corrected chi connectivity index (χ4v) is 9.52. The first kappa shape index (κ1) is 33.6. The number of para-hydroxylation sites is 3. The molecule has 0 bridgehead atoms. The number of hydrogen-bond acceptors (Lipinski definition) is 7. The highest BCUT2D eigenvalue weighted by Gasteiger charge is 2.21. The molecular weight excluding hydrogens is 745 g/mol. The van der Waals surface area contributed by atoms with Gasteiger partial charge in [-0.15, -0.1) is 11.3 Å². The SMILES string of the molecule is C1=c2oc3ccccc3c2=CC(c2nc(-c3ccccc3)nc(-c3ccc(-c4cccc5c4sc4ccc(-c6ccc(-c7nc8ccccc8o7)cc6)cc45)cc3)n2)C1. The van der Waals surface area contributed by atoms with Gasteiger partial charge in [-0.1, -0.05) is 127 Å². The number of furan rings is 1. The molecule has 4 aromatic heterocycles. The second-order valence-electron chi connectivity index (χ2n) is 14.9. The van der Waals surface area contributed by atoms with Crippen molar-refractivity contribution in [3.8, 4) is 56.5 Å². The first-order valence-corrected chi connectivity index (χ1v) is 20.5. The molecule has 0 saturated heterocycles. The van der Waals surface area contributed by atoms with E-state index < -0.39 is 0 Å². The van der Waals surface area contributed by atoms with Gasteiger partial charge < -0.3 is 8.83 Å². The maximum Gasteiger partial charge on any atom is 0.227 e. The summed E-state index contributed by atoms with van der Waals surface area (Å²) in [5, 5.41) is 4.71. The quantitative estimate of drug-likeness (QED) is 0.167. The van der Waals surface area contributed by atoms with Crippen LogP contribution < -0.4 is 10.6 Å². The highest BCUT2D eigenvalue weighted by atomic mass is 32.1. The summed E-state index contributed by atoms with van der Waals surface area (Å²) in [5.74, 6) is 2.69. The largest absolute Gasteiger partial charge is 0.456 e. The van der Waals surface area contributed by atoms with E-state index >= 15 is 0 Å². The van der Waals surface area contributed by atoms with Gasteiger partial charge >= 0.3 is 0 Å². The van der Waals surface area contributed by atoms with Gasteiger partial charge in [0, 0.05) is 53.4 Å². The zero-order chi connectivity index (χ0) is 38.9. The van der Waals surface area contributed by atoms with Crippen LogP contribution in [0.15, 0.2) is 173 Å². The predicted molar refractivity (Wildman–Crippen MR) is 239 cm³/mol. The number of oxazole rings is 1. The summed E-state index contributed by atoms with van der Waals surface area (Å²) in [4.78, 5) is 19.9. The number of rotatable bonds is 6. The van der Waals surface area contributed by atoms with Crippen LogP contribution >= 0.6 is 11.3 Å². The standard InChI is InChI=1S/C52H32N4O2S/c1-2-9-33(10-3-1)49-54-50(56-51(55-49)37-25-27-45-41(30-37)39-11-4-6-15-44(39)57-45)34-21-19-32(20-22-34)38-12-8-13-40-42-29-36(26-28-47(42)59-48(38)40)31-17-23-35(24-18-31)52-53-43-14-5-7-16-46(43)58-52/h1-24,26-30,37H,25H2. The van der Waals surface area contributed by atoms with Gasteiger partial charge in [-0.05, 0) is 77.2 Å². The number of hydrogen-bond donors (Lipinski definition) is 0. The Bertz CT molecular complexity index is 3500. The lowest BCUT2D eigenvalue weighted by atomic mass is 9.97. The molecule has 4 heterocycles. The van der Waals surface area contributed by atoms with E-state index in [-0.39, 0.29) is 5.92 Å². The highest BCUT2D eigenvalue weighted by molar-refractivity contribution is 7.26. The minimum atomic E-state index is -0.0163. The second-order valence-corrected chi connectivity index (χ2v) is 16.0. The van der Waals surface area contributed by atoms with Gasteiger partial charge in [0.15, 0.2) is 17.2 Å². The van der Waals surface area contributed by atoms with Crippen molar-refractivity contribution in [1.82, 2.24) is 19.9 Å². The molecule has 0 fully saturated rings. The van der Waals surface area contributed by atoms with E-state index in [0.717, 1.165) is 72.8 Å². The Morgan fingerprint density at radius 1 is 0.492 bits per heavy atom. The third-order valence-corrected chi connectivity index (χ3v) is 12.5. The van der Waals surface area contributed by atoms with E-state index in [1.54, 1.807) is 0 Å². The molecule has 7 heteroatoms. The first-order chi connectivity index (χ1) is 29.2. The number of benzene rings is 7. The number of thiophene rings is 1. The molecule has 12 rings (SSSR count). The molecular formula is C52H32N4O2S. The van der Waals surface area contributed by atoms with Crippen LogP contribution in [0.3, 0.4) is 0 Å². The third-order valence-electron chi connectivity index (χ3n) is 11.3. The van der Waals surface area contributed by atoms with E-state index in [1.807, 2.05) is 65.9 Å². The Hall–Kier alpha value is -7.48. The smallest absolute Gasteiger partial charge is 0.227 e. The van der Waals surface area contributed by atoms with E-state index in [4.69, 9.17) is 23.8 Å². The summed E-state index contributed by atoms with van der Waals surface area (Å²) in [6.45, 7) is 0. The molecule has 1 unspecified atom stereocenters. The molecule has 0 spiro atoms. The van der Waals surface area contributed by atoms with Crippen LogP contribution in [0.25, 0.3) is 111 Å². The van der Waals surface area contributed by atoms with Crippen molar-refractivity contribution in [3.63, 3.8) is 0 Å². The molecule has 1 aliphatic rings. The van der Waals surface area contributed by atoms with Crippen LogP contribution in [0, 0.1) is 0 Å². The van der Waals surface area contributed by atoms with Crippen molar-refractivity contribution in [3.05, 3.63) is 180 Å². The maximum absolute atomic E-state index is 6.16. The van der Waals surface area contributed by atoms with Crippen molar-refractivity contribution in [1.29, 1.82) is 0 Å². The molecule has 0 N–H and O–H groups in total.